The van der Waals surface area contributed by atoms with Crippen molar-refractivity contribution in [3.8, 4) is 11.1 Å². The Morgan fingerprint density at radius 2 is 1.82 bits per heavy atom. The monoisotopic (exact) mass is 623 g/mol. The fourth-order valence-corrected chi connectivity index (χ4v) is 6.34. The minimum atomic E-state index is -0.256. The molecule has 2 N–H and O–H groups in total. The summed E-state index contributed by atoms with van der Waals surface area (Å²) in [6.07, 6.45) is 10.2. The van der Waals surface area contributed by atoms with Crippen molar-refractivity contribution in [3.05, 3.63) is 112 Å². The van der Waals surface area contributed by atoms with E-state index >= 15 is 0 Å². The Hall–Kier alpha value is -4.41. The Morgan fingerprint density at radius 3 is 2.64 bits per heavy atom. The largest absolute Gasteiger partial charge is 0.392 e. The molecule has 1 atom stereocenters. The van der Waals surface area contributed by atoms with Crippen molar-refractivity contribution in [3.63, 3.8) is 0 Å². The van der Waals surface area contributed by atoms with Crippen LogP contribution in [0.4, 0.5) is 11.5 Å². The molecule has 220 valence electrons. The molecule has 1 fully saturated rings. The molecule has 0 spiro atoms. The first-order valence-corrected chi connectivity index (χ1v) is 15.0. The number of β-amino-alcohol motifs (C(OH)–C–C–N with tert-alkyl or cyclic N) is 1. The number of benzene rings is 2. The Kier molecular flexibility index (Phi) is 7.69. The Labute approximate surface area is 263 Å². The van der Waals surface area contributed by atoms with Crippen molar-refractivity contribution in [1.29, 1.82) is 0 Å². The van der Waals surface area contributed by atoms with E-state index in [1.807, 2.05) is 48.7 Å². The summed E-state index contributed by atoms with van der Waals surface area (Å²) in [6.45, 7) is 2.30. The SMILES string of the molecule is O=Cc1cnc2c(Cc3cccc(-c4cccc(Nc5nccc6cc(CN7CC[C@@H](O)C7)cnc56)c4Cl)c3Cl)nccn12. The molecular weight excluding hydrogens is 597 g/mol. The maximum absolute atomic E-state index is 11.4. The molecule has 6 aromatic rings. The number of aliphatic hydroxyl groups excluding tert-OH is 1. The highest BCUT2D eigenvalue weighted by Gasteiger charge is 2.21. The molecule has 5 heterocycles. The molecular formula is C33H27Cl2N7O2. The Bertz CT molecular complexity index is 2030. The normalized spacial score (nSPS) is 15.3. The number of aromatic nitrogens is 5. The molecule has 44 heavy (non-hydrogen) atoms. The van der Waals surface area contributed by atoms with Crippen LogP contribution < -0.4 is 5.32 Å². The molecule has 4 aromatic heterocycles. The standard InChI is InChI=1S/C33H27Cl2N7O2/c34-29-21(14-28-33-39-16-23(19-43)42(33)12-10-36-28)3-1-4-25(29)26-5-2-6-27(30(26)35)40-32-31-22(7-9-37-32)13-20(15-38-31)17-41-11-8-24(44)18-41/h1-7,9-10,12-13,15-16,19,24,44H,8,11,14,17-18H2,(H,37,40)/t24-/m1/s1. The highest BCUT2D eigenvalue weighted by Crippen LogP contribution is 2.40. The zero-order chi connectivity index (χ0) is 30.2. The summed E-state index contributed by atoms with van der Waals surface area (Å²) >= 11 is 14.0. The van der Waals surface area contributed by atoms with E-state index in [4.69, 9.17) is 28.2 Å². The van der Waals surface area contributed by atoms with Crippen LogP contribution in [0.1, 0.15) is 33.7 Å². The van der Waals surface area contributed by atoms with E-state index in [1.165, 1.54) is 6.20 Å². The highest BCUT2D eigenvalue weighted by atomic mass is 35.5. The third-order valence-electron chi connectivity index (χ3n) is 7.94. The van der Waals surface area contributed by atoms with Crippen molar-refractivity contribution in [1.82, 2.24) is 29.2 Å². The summed E-state index contributed by atoms with van der Waals surface area (Å²) in [4.78, 5) is 31.8. The van der Waals surface area contributed by atoms with Crippen molar-refractivity contribution >= 4 is 57.5 Å². The van der Waals surface area contributed by atoms with Gasteiger partial charge in [0.2, 0.25) is 0 Å². The van der Waals surface area contributed by atoms with Gasteiger partial charge in [0.1, 0.15) is 11.2 Å². The van der Waals surface area contributed by atoms with Gasteiger partial charge in [0.15, 0.2) is 17.8 Å². The van der Waals surface area contributed by atoms with Crippen molar-refractivity contribution in [2.24, 2.45) is 0 Å². The molecule has 1 aliphatic rings. The van der Waals surface area contributed by atoms with E-state index in [2.05, 4.69) is 31.2 Å². The van der Waals surface area contributed by atoms with E-state index in [-0.39, 0.29) is 6.10 Å². The number of aldehydes is 1. The summed E-state index contributed by atoms with van der Waals surface area (Å²) in [7, 11) is 0. The topological polar surface area (TPSA) is 109 Å². The molecule has 7 rings (SSSR count). The number of hydrogen-bond donors (Lipinski definition) is 2. The average molecular weight is 625 g/mol. The molecule has 1 aliphatic heterocycles. The van der Waals surface area contributed by atoms with Gasteiger partial charge < -0.3 is 10.4 Å². The van der Waals surface area contributed by atoms with Crippen LogP contribution in [-0.4, -0.2) is 59.8 Å². The average Bonchev–Trinajstić information content (AvgIpc) is 3.65. The summed E-state index contributed by atoms with van der Waals surface area (Å²) in [5, 5.41) is 15.3. The second-order valence-electron chi connectivity index (χ2n) is 10.9. The molecule has 2 aromatic carbocycles. The number of halogens is 2. The highest BCUT2D eigenvalue weighted by molar-refractivity contribution is 6.38. The van der Waals surface area contributed by atoms with Crippen LogP contribution in [0.3, 0.4) is 0 Å². The smallest absolute Gasteiger partial charge is 0.168 e. The van der Waals surface area contributed by atoms with Crippen molar-refractivity contribution in [2.45, 2.75) is 25.5 Å². The zero-order valence-corrected chi connectivity index (χ0v) is 25.0. The first-order valence-electron chi connectivity index (χ1n) is 14.2. The van der Waals surface area contributed by atoms with Gasteiger partial charge in [-0.15, -0.1) is 0 Å². The number of pyridine rings is 2. The first-order chi connectivity index (χ1) is 21.5. The van der Waals surface area contributed by atoms with Gasteiger partial charge in [0.25, 0.3) is 0 Å². The van der Waals surface area contributed by atoms with Crippen LogP contribution in [0.15, 0.2) is 79.5 Å². The summed E-state index contributed by atoms with van der Waals surface area (Å²) in [6, 6.07) is 15.6. The Balaban J connectivity index is 1.17. The molecule has 0 saturated carbocycles. The molecule has 0 bridgehead atoms. The van der Waals surface area contributed by atoms with E-state index in [0.717, 1.165) is 59.0 Å². The fourth-order valence-electron chi connectivity index (χ4n) is 5.77. The third kappa shape index (κ3) is 5.39. The lowest BCUT2D eigenvalue weighted by molar-refractivity contribution is 0.111. The Morgan fingerprint density at radius 1 is 0.977 bits per heavy atom. The van der Waals surface area contributed by atoms with Crippen LogP contribution >= 0.6 is 23.2 Å². The second-order valence-corrected chi connectivity index (χ2v) is 11.6. The quantitative estimate of drug-likeness (QED) is 0.189. The van der Waals surface area contributed by atoms with Gasteiger partial charge in [-0.25, -0.2) is 9.97 Å². The number of fused-ring (bicyclic) bond motifs is 2. The van der Waals surface area contributed by atoms with Gasteiger partial charge in [-0.2, -0.15) is 0 Å². The number of carbonyl (C=O) groups is 1. The maximum Gasteiger partial charge on any atom is 0.168 e. The number of carbonyl (C=O) groups excluding carboxylic acids is 1. The fraction of sp³-hybridized carbons (Fsp3) is 0.182. The van der Waals surface area contributed by atoms with Crippen molar-refractivity contribution < 1.29 is 9.90 Å². The van der Waals surface area contributed by atoms with E-state index < -0.39 is 0 Å². The number of hydrogen-bond acceptors (Lipinski definition) is 8. The summed E-state index contributed by atoms with van der Waals surface area (Å²) < 4.78 is 1.72. The van der Waals surface area contributed by atoms with Crippen LogP contribution in [0.25, 0.3) is 27.7 Å². The van der Waals surface area contributed by atoms with Crippen LogP contribution in [0, 0.1) is 0 Å². The number of nitrogens with one attached hydrogen (secondary N) is 1. The number of nitrogens with zero attached hydrogens (tertiary/aromatic N) is 6. The minimum Gasteiger partial charge on any atom is -0.392 e. The predicted molar refractivity (Wildman–Crippen MR) is 172 cm³/mol. The number of rotatable bonds is 8. The second kappa shape index (κ2) is 11.9. The van der Waals surface area contributed by atoms with Gasteiger partial charge in [-0.3, -0.25) is 24.1 Å². The lowest BCUT2D eigenvalue weighted by Crippen LogP contribution is -2.21. The molecule has 1 saturated heterocycles. The number of aliphatic hydroxyl groups is 1. The summed E-state index contributed by atoms with van der Waals surface area (Å²) in [5.74, 6) is 0.595. The third-order valence-corrected chi connectivity index (χ3v) is 8.79. The van der Waals surface area contributed by atoms with E-state index in [9.17, 15) is 9.90 Å². The van der Waals surface area contributed by atoms with E-state index in [0.29, 0.717) is 51.6 Å². The van der Waals surface area contributed by atoms with Crippen LogP contribution in [0.5, 0.6) is 0 Å². The maximum atomic E-state index is 11.4. The number of anilines is 2. The number of likely N-dealkylation sites (tertiary alicyclic amines) is 1. The van der Waals surface area contributed by atoms with Crippen molar-refractivity contribution in [2.75, 3.05) is 18.4 Å². The first kappa shape index (κ1) is 28.4. The molecule has 0 amide bonds. The predicted octanol–water partition coefficient (Wildman–Crippen LogP) is 6.36. The molecule has 0 radical (unpaired) electrons. The van der Waals surface area contributed by atoms with Gasteiger partial charge in [-0.05, 0) is 35.7 Å². The molecule has 0 unspecified atom stereocenters. The van der Waals surface area contributed by atoms with Gasteiger partial charge in [0.05, 0.1) is 33.7 Å². The van der Waals surface area contributed by atoms with Gasteiger partial charge in [-0.1, -0.05) is 53.5 Å². The lowest BCUT2D eigenvalue weighted by atomic mass is 10.00. The zero-order valence-electron chi connectivity index (χ0n) is 23.5. The molecule has 9 nitrogen and oxygen atoms in total. The van der Waals surface area contributed by atoms with Gasteiger partial charge >= 0.3 is 0 Å². The molecule has 0 aliphatic carbocycles. The minimum absolute atomic E-state index is 0.256. The van der Waals surface area contributed by atoms with E-state index in [1.54, 1.807) is 23.0 Å². The van der Waals surface area contributed by atoms with Crippen LogP contribution in [-0.2, 0) is 13.0 Å². The summed E-state index contributed by atoms with van der Waals surface area (Å²) in [5.41, 5.74) is 6.67. The molecule has 11 heteroatoms. The number of imidazole rings is 1. The van der Waals surface area contributed by atoms with Crippen LogP contribution in [0.2, 0.25) is 10.0 Å². The van der Waals surface area contributed by atoms with Gasteiger partial charge in [0, 0.05) is 67.4 Å². The lowest BCUT2D eigenvalue weighted by Gasteiger charge is -2.16.